The van der Waals surface area contributed by atoms with Crippen molar-refractivity contribution in [1.29, 1.82) is 0 Å². The van der Waals surface area contributed by atoms with Gasteiger partial charge in [-0.15, -0.1) is 0 Å². The van der Waals surface area contributed by atoms with Gasteiger partial charge in [0.15, 0.2) is 0 Å². The molecule has 1 saturated heterocycles. The molecule has 31 heavy (non-hydrogen) atoms. The molecule has 6 nitrogen and oxygen atoms in total. The zero-order valence-corrected chi connectivity index (χ0v) is 18.1. The Hall–Kier alpha value is -3.22. The lowest BCUT2D eigenvalue weighted by atomic mass is 10.1. The largest absolute Gasteiger partial charge is 0.332 e. The van der Waals surface area contributed by atoms with E-state index in [9.17, 15) is 18.8 Å². The van der Waals surface area contributed by atoms with Gasteiger partial charge in [0.2, 0.25) is 5.91 Å². The van der Waals surface area contributed by atoms with Crippen LogP contribution < -0.4 is 10.2 Å². The molecule has 0 saturated carbocycles. The molecule has 1 atom stereocenters. The predicted molar refractivity (Wildman–Crippen MR) is 118 cm³/mol. The average molecular weight is 426 g/mol. The number of nitrogens with one attached hydrogen (secondary N) is 1. The zero-order chi connectivity index (χ0) is 22.5. The Labute approximate surface area is 182 Å². The highest BCUT2D eigenvalue weighted by molar-refractivity contribution is 6.22. The van der Waals surface area contributed by atoms with Crippen molar-refractivity contribution in [3.63, 3.8) is 0 Å². The first kappa shape index (κ1) is 22.5. The molecule has 0 spiro atoms. The Morgan fingerprint density at radius 3 is 2.29 bits per heavy atom. The predicted octanol–water partition coefficient (Wildman–Crippen LogP) is 4.60. The van der Waals surface area contributed by atoms with E-state index >= 15 is 0 Å². The number of carbonyl (C=O) groups is 3. The first-order valence-corrected chi connectivity index (χ1v) is 10.6. The van der Waals surface area contributed by atoms with Crippen molar-refractivity contribution in [2.75, 3.05) is 16.8 Å². The summed E-state index contributed by atoms with van der Waals surface area (Å²) in [5, 5.41) is 2.81. The van der Waals surface area contributed by atoms with Crippen LogP contribution in [0.4, 0.5) is 20.6 Å². The van der Waals surface area contributed by atoms with Crippen LogP contribution in [0.15, 0.2) is 48.5 Å². The van der Waals surface area contributed by atoms with Crippen molar-refractivity contribution >= 4 is 29.2 Å². The molecule has 3 rings (SSSR count). The van der Waals surface area contributed by atoms with E-state index in [2.05, 4.69) is 12.2 Å². The summed E-state index contributed by atoms with van der Waals surface area (Å²) in [6, 6.07) is 11.3. The van der Waals surface area contributed by atoms with Gasteiger partial charge in [0.25, 0.3) is 5.91 Å². The lowest BCUT2D eigenvalue weighted by Gasteiger charge is -2.22. The summed E-state index contributed by atoms with van der Waals surface area (Å²) < 4.78 is 13.3. The van der Waals surface area contributed by atoms with Crippen molar-refractivity contribution in [3.8, 4) is 0 Å². The summed E-state index contributed by atoms with van der Waals surface area (Å²) >= 11 is 0. The SMILES string of the molecule is CCc1ccc(NC(=O)C[C@@H]2C(=O)N(c3ccc(F)cc3)C(=O)N2CCC(C)C)cc1. The number of anilines is 2. The third-order valence-corrected chi connectivity index (χ3v) is 5.38. The van der Waals surface area contributed by atoms with Crippen LogP contribution in [0.1, 0.15) is 39.2 Å². The van der Waals surface area contributed by atoms with Crippen LogP contribution in [0.3, 0.4) is 0 Å². The summed E-state index contributed by atoms with van der Waals surface area (Å²) in [4.78, 5) is 41.3. The lowest BCUT2D eigenvalue weighted by molar-refractivity contribution is -0.124. The van der Waals surface area contributed by atoms with Gasteiger partial charge in [0, 0.05) is 12.2 Å². The molecule has 0 bridgehead atoms. The number of amides is 4. The van der Waals surface area contributed by atoms with E-state index in [0.717, 1.165) is 16.9 Å². The van der Waals surface area contributed by atoms with Crippen molar-refractivity contribution in [2.24, 2.45) is 5.92 Å². The van der Waals surface area contributed by atoms with Crippen molar-refractivity contribution in [2.45, 2.75) is 46.1 Å². The minimum Gasteiger partial charge on any atom is -0.326 e. The van der Waals surface area contributed by atoms with Gasteiger partial charge in [-0.05, 0) is 60.7 Å². The molecule has 2 aromatic carbocycles. The first-order chi connectivity index (χ1) is 14.8. The van der Waals surface area contributed by atoms with E-state index < -0.39 is 23.8 Å². The molecule has 0 radical (unpaired) electrons. The summed E-state index contributed by atoms with van der Waals surface area (Å²) in [5.74, 6) is -0.943. The number of hydrogen-bond acceptors (Lipinski definition) is 3. The number of nitrogens with zero attached hydrogens (tertiary/aromatic N) is 2. The highest BCUT2D eigenvalue weighted by Gasteiger charge is 2.46. The van der Waals surface area contributed by atoms with Crippen LogP contribution in [0.5, 0.6) is 0 Å². The number of carbonyl (C=O) groups excluding carboxylic acids is 3. The first-order valence-electron chi connectivity index (χ1n) is 10.6. The maximum absolute atomic E-state index is 13.3. The fraction of sp³-hybridized carbons (Fsp3) is 0.375. The van der Waals surface area contributed by atoms with E-state index in [1.807, 2.05) is 38.1 Å². The molecular formula is C24H28FN3O3. The molecule has 1 heterocycles. The second-order valence-electron chi connectivity index (χ2n) is 8.13. The van der Waals surface area contributed by atoms with Crippen LogP contribution in [0.2, 0.25) is 0 Å². The van der Waals surface area contributed by atoms with Crippen LogP contribution in [0, 0.1) is 11.7 Å². The van der Waals surface area contributed by atoms with Gasteiger partial charge in [0.1, 0.15) is 11.9 Å². The van der Waals surface area contributed by atoms with Gasteiger partial charge < -0.3 is 10.2 Å². The minimum atomic E-state index is -0.897. The maximum atomic E-state index is 13.3. The number of halogens is 1. The molecule has 0 aromatic heterocycles. The van der Waals surface area contributed by atoms with Gasteiger partial charge in [-0.3, -0.25) is 9.59 Å². The Kier molecular flexibility index (Phi) is 7.05. The number of aryl methyl sites for hydroxylation is 1. The highest BCUT2D eigenvalue weighted by atomic mass is 19.1. The number of urea groups is 1. The number of benzene rings is 2. The molecule has 0 aliphatic carbocycles. The van der Waals surface area contributed by atoms with Crippen molar-refractivity contribution in [3.05, 3.63) is 59.9 Å². The monoisotopic (exact) mass is 425 g/mol. The van der Waals surface area contributed by atoms with Crippen molar-refractivity contribution < 1.29 is 18.8 Å². The number of imide groups is 1. The second-order valence-corrected chi connectivity index (χ2v) is 8.13. The van der Waals surface area contributed by atoms with E-state index in [1.54, 1.807) is 0 Å². The molecular weight excluding hydrogens is 397 g/mol. The van der Waals surface area contributed by atoms with Crippen LogP contribution in [0.25, 0.3) is 0 Å². The normalized spacial score (nSPS) is 16.4. The van der Waals surface area contributed by atoms with E-state index in [-0.39, 0.29) is 12.3 Å². The summed E-state index contributed by atoms with van der Waals surface area (Å²) in [7, 11) is 0. The lowest BCUT2D eigenvalue weighted by Crippen LogP contribution is -2.39. The average Bonchev–Trinajstić information content (AvgIpc) is 2.97. The van der Waals surface area contributed by atoms with E-state index in [1.165, 1.54) is 29.2 Å². The van der Waals surface area contributed by atoms with Gasteiger partial charge in [-0.2, -0.15) is 0 Å². The Morgan fingerprint density at radius 2 is 1.71 bits per heavy atom. The van der Waals surface area contributed by atoms with Gasteiger partial charge >= 0.3 is 6.03 Å². The quantitative estimate of drug-likeness (QED) is 0.629. The van der Waals surface area contributed by atoms with Gasteiger partial charge in [-0.1, -0.05) is 32.9 Å². The van der Waals surface area contributed by atoms with Crippen LogP contribution in [-0.2, 0) is 16.0 Å². The number of rotatable bonds is 8. The highest BCUT2D eigenvalue weighted by Crippen LogP contribution is 2.28. The smallest absolute Gasteiger partial charge is 0.326 e. The molecule has 1 N–H and O–H groups in total. The number of hydrogen-bond donors (Lipinski definition) is 1. The van der Waals surface area contributed by atoms with E-state index in [0.29, 0.717) is 30.3 Å². The fourth-order valence-corrected chi connectivity index (χ4v) is 3.52. The zero-order valence-electron chi connectivity index (χ0n) is 18.1. The summed E-state index contributed by atoms with van der Waals surface area (Å²) in [6.45, 7) is 6.47. The topological polar surface area (TPSA) is 69.7 Å². The molecule has 4 amide bonds. The van der Waals surface area contributed by atoms with E-state index in [4.69, 9.17) is 0 Å². The Morgan fingerprint density at radius 1 is 1.06 bits per heavy atom. The van der Waals surface area contributed by atoms with Gasteiger partial charge in [-0.25, -0.2) is 14.1 Å². The molecule has 1 aliphatic rings. The third kappa shape index (κ3) is 5.29. The standard InChI is InChI=1S/C24H28FN3O3/c1-4-17-5-9-19(10-6-17)26-22(29)15-21-23(30)28(20-11-7-18(25)8-12-20)24(31)27(21)14-13-16(2)3/h5-12,16,21H,4,13-15H2,1-3H3,(H,26,29)/t21-/m1/s1. The molecule has 164 valence electrons. The Balaban J connectivity index is 1.78. The van der Waals surface area contributed by atoms with Gasteiger partial charge in [0.05, 0.1) is 12.1 Å². The molecule has 1 aliphatic heterocycles. The maximum Gasteiger partial charge on any atom is 0.332 e. The third-order valence-electron chi connectivity index (χ3n) is 5.38. The Bertz CT molecular complexity index is 942. The molecule has 2 aromatic rings. The summed E-state index contributed by atoms with van der Waals surface area (Å²) in [5.41, 5.74) is 2.09. The summed E-state index contributed by atoms with van der Waals surface area (Å²) in [6.07, 6.45) is 1.46. The second kappa shape index (κ2) is 9.73. The van der Waals surface area contributed by atoms with Crippen LogP contribution in [-0.4, -0.2) is 35.3 Å². The minimum absolute atomic E-state index is 0.143. The molecule has 7 heteroatoms. The van der Waals surface area contributed by atoms with Crippen molar-refractivity contribution in [1.82, 2.24) is 4.90 Å². The fourth-order valence-electron chi connectivity index (χ4n) is 3.52. The van der Waals surface area contributed by atoms with Crippen LogP contribution >= 0.6 is 0 Å². The molecule has 0 unspecified atom stereocenters. The molecule has 1 fully saturated rings.